The zero-order chi connectivity index (χ0) is 37.3. The second-order valence-electron chi connectivity index (χ2n) is 14.3. The number of rotatable bonds is 5. The number of aromatic nitrogens is 2. The zero-order valence-corrected chi connectivity index (χ0v) is 30.2. The van der Waals surface area contributed by atoms with Gasteiger partial charge < -0.3 is 14.0 Å². The highest BCUT2D eigenvalue weighted by molar-refractivity contribution is 6.15. The Morgan fingerprint density at radius 3 is 1.75 bits per heavy atom. The lowest BCUT2D eigenvalue weighted by Gasteiger charge is -2.25. The Labute approximate surface area is 323 Å². The lowest BCUT2D eigenvalue weighted by molar-refractivity contribution is 1.11. The van der Waals surface area contributed by atoms with Gasteiger partial charge in [0.05, 0.1) is 39.0 Å². The summed E-state index contributed by atoms with van der Waals surface area (Å²) >= 11 is 0. The van der Waals surface area contributed by atoms with Gasteiger partial charge >= 0.3 is 0 Å². The van der Waals surface area contributed by atoms with Gasteiger partial charge in [0.2, 0.25) is 0 Å². The van der Waals surface area contributed by atoms with E-state index < -0.39 is 0 Å². The zero-order valence-electron chi connectivity index (χ0n) is 30.2. The smallest absolute Gasteiger partial charge is 0.104 e. The molecule has 0 fully saturated rings. The summed E-state index contributed by atoms with van der Waals surface area (Å²) < 4.78 is 4.34. The van der Waals surface area contributed by atoms with Crippen LogP contribution in [0.4, 0.5) is 17.1 Å². The first-order valence-corrected chi connectivity index (χ1v) is 18.8. The molecule has 0 spiro atoms. The number of nitriles is 2. The standard InChI is InChI=1S/C51H31N5/c52-31-34-23-26-48(44(32-53)51(34)56-45-21-11-9-19-40(45)41-20-10-12-22-46(41)56)55-47-27-24-37(54(35-14-3-1-4-15-35)36-16-5-2-6-17-36)30-43(47)50-42-29-33-13-7-8-18-38(33)39(42)25-28-49(50)55/h1-28,30H,29H2. The van der Waals surface area contributed by atoms with E-state index in [1.807, 2.05) is 48.5 Å². The second kappa shape index (κ2) is 12.4. The average Bonchev–Trinajstić information content (AvgIpc) is 3.91. The van der Waals surface area contributed by atoms with Crippen molar-refractivity contribution in [1.82, 2.24) is 9.13 Å². The van der Waals surface area contributed by atoms with Crippen LogP contribution in [0.5, 0.6) is 0 Å². The van der Waals surface area contributed by atoms with Crippen LogP contribution in [0, 0.1) is 22.7 Å². The van der Waals surface area contributed by atoms with Crippen molar-refractivity contribution in [2.24, 2.45) is 0 Å². The van der Waals surface area contributed by atoms with Crippen molar-refractivity contribution in [2.45, 2.75) is 6.42 Å². The largest absolute Gasteiger partial charge is 0.310 e. The van der Waals surface area contributed by atoms with Crippen molar-refractivity contribution in [3.05, 3.63) is 198 Å². The van der Waals surface area contributed by atoms with Gasteiger partial charge in [0.1, 0.15) is 17.7 Å². The SMILES string of the molecule is N#Cc1ccc(-n2c3ccc(N(c4ccccc4)c4ccccc4)cc3c3c4c(ccc32)-c2ccccc2C4)c(C#N)c1-n1c2ccccc2c2ccccc21. The summed E-state index contributed by atoms with van der Waals surface area (Å²) in [6.45, 7) is 0. The van der Waals surface area contributed by atoms with Crippen LogP contribution in [0.15, 0.2) is 176 Å². The van der Waals surface area contributed by atoms with Gasteiger partial charge in [-0.15, -0.1) is 0 Å². The lowest BCUT2D eigenvalue weighted by atomic mass is 10.0. The van der Waals surface area contributed by atoms with Gasteiger partial charge in [-0.2, -0.15) is 10.5 Å². The van der Waals surface area contributed by atoms with Crippen LogP contribution in [0.2, 0.25) is 0 Å². The number of fused-ring (bicyclic) bond motifs is 10. The van der Waals surface area contributed by atoms with Crippen LogP contribution in [-0.4, -0.2) is 9.13 Å². The van der Waals surface area contributed by atoms with Gasteiger partial charge in [-0.25, -0.2) is 0 Å². The van der Waals surface area contributed by atoms with Crippen molar-refractivity contribution in [3.63, 3.8) is 0 Å². The number of hydrogen-bond donors (Lipinski definition) is 0. The Hall–Kier alpha value is -7.86. The molecule has 1 aliphatic carbocycles. The van der Waals surface area contributed by atoms with Crippen molar-refractivity contribution in [3.8, 4) is 34.6 Å². The first kappa shape index (κ1) is 31.6. The number of hydrogen-bond acceptors (Lipinski definition) is 3. The maximum atomic E-state index is 11.3. The first-order valence-electron chi connectivity index (χ1n) is 18.8. The van der Waals surface area contributed by atoms with Crippen LogP contribution < -0.4 is 4.90 Å². The Morgan fingerprint density at radius 1 is 0.464 bits per heavy atom. The highest BCUT2D eigenvalue weighted by atomic mass is 15.1. The molecular weight excluding hydrogens is 683 g/mol. The fourth-order valence-corrected chi connectivity index (χ4v) is 9.10. The molecule has 2 aromatic heterocycles. The molecule has 0 amide bonds. The van der Waals surface area contributed by atoms with E-state index in [2.05, 4.69) is 154 Å². The average molecular weight is 714 g/mol. The van der Waals surface area contributed by atoms with Gasteiger partial charge in [-0.1, -0.05) is 103 Å². The normalized spacial score (nSPS) is 11.8. The van der Waals surface area contributed by atoms with E-state index in [0.29, 0.717) is 16.8 Å². The molecule has 2 heterocycles. The van der Waals surface area contributed by atoms with Gasteiger partial charge in [-0.05, 0) is 101 Å². The molecule has 0 saturated heterocycles. The van der Waals surface area contributed by atoms with Crippen molar-refractivity contribution in [2.75, 3.05) is 4.90 Å². The Kier molecular flexibility index (Phi) is 6.98. The van der Waals surface area contributed by atoms with Gasteiger partial charge in [0.15, 0.2) is 0 Å². The molecule has 0 atom stereocenters. The fraction of sp³-hybridized carbons (Fsp3) is 0.0196. The minimum atomic E-state index is 0.442. The first-order chi connectivity index (χ1) is 27.7. The summed E-state index contributed by atoms with van der Waals surface area (Å²) in [6.07, 6.45) is 0.818. The Morgan fingerprint density at radius 2 is 1.07 bits per heavy atom. The molecule has 8 aromatic carbocycles. The van der Waals surface area contributed by atoms with E-state index >= 15 is 0 Å². The molecule has 0 radical (unpaired) electrons. The summed E-state index contributed by atoms with van der Waals surface area (Å²) in [7, 11) is 0. The third-order valence-electron chi connectivity index (χ3n) is 11.4. The van der Waals surface area contributed by atoms with E-state index in [-0.39, 0.29) is 0 Å². The molecule has 5 nitrogen and oxygen atoms in total. The molecular formula is C51H31N5. The molecule has 11 rings (SSSR count). The van der Waals surface area contributed by atoms with Crippen LogP contribution in [0.3, 0.4) is 0 Å². The number of benzene rings is 8. The third-order valence-corrected chi connectivity index (χ3v) is 11.4. The topological polar surface area (TPSA) is 60.7 Å². The molecule has 0 aliphatic heterocycles. The van der Waals surface area contributed by atoms with E-state index in [4.69, 9.17) is 0 Å². The molecule has 5 heteroatoms. The molecule has 56 heavy (non-hydrogen) atoms. The molecule has 1 aliphatic rings. The number of anilines is 3. The molecule has 10 aromatic rings. The van der Waals surface area contributed by atoms with E-state index in [0.717, 1.165) is 67.4 Å². The Balaban J connectivity index is 1.24. The van der Waals surface area contributed by atoms with Crippen LogP contribution >= 0.6 is 0 Å². The lowest BCUT2D eigenvalue weighted by Crippen LogP contribution is -2.09. The van der Waals surface area contributed by atoms with Crippen LogP contribution in [0.1, 0.15) is 22.3 Å². The second-order valence-corrected chi connectivity index (χ2v) is 14.3. The minimum absolute atomic E-state index is 0.442. The molecule has 0 saturated carbocycles. The Bertz CT molecular complexity index is 3210. The molecule has 0 bridgehead atoms. The van der Waals surface area contributed by atoms with Crippen LogP contribution in [-0.2, 0) is 6.42 Å². The van der Waals surface area contributed by atoms with Gasteiger partial charge in [0.25, 0.3) is 0 Å². The summed E-state index contributed by atoms with van der Waals surface area (Å²) in [5, 5.41) is 26.3. The van der Waals surface area contributed by atoms with E-state index in [1.165, 1.54) is 27.6 Å². The third kappa shape index (κ3) is 4.53. The predicted molar refractivity (Wildman–Crippen MR) is 227 cm³/mol. The number of nitrogens with zero attached hydrogens (tertiary/aromatic N) is 5. The molecule has 0 unspecified atom stereocenters. The van der Waals surface area contributed by atoms with Gasteiger partial charge in [0, 0.05) is 38.6 Å². The highest BCUT2D eigenvalue weighted by Crippen LogP contribution is 2.47. The summed E-state index contributed by atoms with van der Waals surface area (Å²) in [5.41, 5.74) is 14.4. The van der Waals surface area contributed by atoms with E-state index in [1.54, 1.807) is 0 Å². The molecule has 260 valence electrons. The fourth-order valence-electron chi connectivity index (χ4n) is 9.10. The molecule has 0 N–H and O–H groups in total. The quantitative estimate of drug-likeness (QED) is 0.178. The van der Waals surface area contributed by atoms with Crippen molar-refractivity contribution >= 4 is 60.7 Å². The summed E-state index contributed by atoms with van der Waals surface area (Å²) in [5.74, 6) is 0. The maximum Gasteiger partial charge on any atom is 0.104 e. The van der Waals surface area contributed by atoms with Crippen LogP contribution in [0.25, 0.3) is 66.1 Å². The number of para-hydroxylation sites is 4. The van der Waals surface area contributed by atoms with Gasteiger partial charge in [-0.3, -0.25) is 0 Å². The summed E-state index contributed by atoms with van der Waals surface area (Å²) in [6, 6.07) is 66.0. The van der Waals surface area contributed by atoms with Crippen molar-refractivity contribution in [1.29, 1.82) is 10.5 Å². The van der Waals surface area contributed by atoms with Crippen molar-refractivity contribution < 1.29 is 0 Å². The maximum absolute atomic E-state index is 11.3. The monoisotopic (exact) mass is 713 g/mol. The van der Waals surface area contributed by atoms with E-state index in [9.17, 15) is 10.5 Å². The minimum Gasteiger partial charge on any atom is -0.310 e. The summed E-state index contributed by atoms with van der Waals surface area (Å²) in [4.78, 5) is 2.29. The highest BCUT2D eigenvalue weighted by Gasteiger charge is 2.28. The predicted octanol–water partition coefficient (Wildman–Crippen LogP) is 12.7.